The summed E-state index contributed by atoms with van der Waals surface area (Å²) in [5.74, 6) is 2.64. The Bertz CT molecular complexity index is 1380. The summed E-state index contributed by atoms with van der Waals surface area (Å²) >= 11 is 0. The highest BCUT2D eigenvalue weighted by Crippen LogP contribution is 2.42. The number of ether oxygens (including phenoxy) is 6. The summed E-state index contributed by atoms with van der Waals surface area (Å²) in [5, 5.41) is 11.1. The zero-order valence-corrected chi connectivity index (χ0v) is 24.5. The van der Waals surface area contributed by atoms with Crippen molar-refractivity contribution in [2.45, 2.75) is 33.2 Å². The fourth-order valence-corrected chi connectivity index (χ4v) is 4.97. The van der Waals surface area contributed by atoms with Gasteiger partial charge in [0.15, 0.2) is 23.0 Å². The van der Waals surface area contributed by atoms with E-state index >= 15 is 0 Å². The Hall–Kier alpha value is -4.67. The van der Waals surface area contributed by atoms with Crippen molar-refractivity contribution in [3.8, 4) is 34.5 Å². The van der Waals surface area contributed by atoms with Gasteiger partial charge in [-0.2, -0.15) is 0 Å². The lowest BCUT2D eigenvalue weighted by Crippen LogP contribution is -2.42. The normalized spacial score (nSPS) is 14.0. The van der Waals surface area contributed by atoms with Crippen molar-refractivity contribution in [2.75, 3.05) is 47.2 Å². The number of amides is 1. The summed E-state index contributed by atoms with van der Waals surface area (Å²) in [4.78, 5) is 26.6. The lowest BCUT2D eigenvalue weighted by atomic mass is 9.91. The molecule has 0 fully saturated rings. The molecule has 3 aromatic carbocycles. The summed E-state index contributed by atoms with van der Waals surface area (Å²) in [7, 11) is 3.14. The molecule has 0 aromatic heterocycles. The van der Waals surface area contributed by atoms with Crippen LogP contribution in [0.15, 0.2) is 48.5 Å². The van der Waals surface area contributed by atoms with Crippen LogP contribution in [0.2, 0.25) is 0 Å². The predicted molar refractivity (Wildman–Crippen MR) is 156 cm³/mol. The number of methoxy groups -OCH3 is 2. The molecule has 1 amide bonds. The monoisotopic (exact) mass is 580 g/mol. The maximum absolute atomic E-state index is 14.2. The van der Waals surface area contributed by atoms with E-state index < -0.39 is 11.0 Å². The van der Waals surface area contributed by atoms with Crippen LogP contribution in [0.5, 0.6) is 34.5 Å². The first-order chi connectivity index (χ1) is 20.3. The Morgan fingerprint density at radius 3 is 2.00 bits per heavy atom. The first kappa shape index (κ1) is 30.3. The number of benzene rings is 3. The van der Waals surface area contributed by atoms with Crippen LogP contribution in [-0.4, -0.2) is 62.9 Å². The highest BCUT2D eigenvalue weighted by atomic mass is 16.6. The molecule has 11 nitrogen and oxygen atoms in total. The minimum atomic E-state index is -0.506. The van der Waals surface area contributed by atoms with Gasteiger partial charge in [0.2, 0.25) is 5.75 Å². The van der Waals surface area contributed by atoms with Crippen molar-refractivity contribution in [3.63, 3.8) is 0 Å². The molecule has 3 aromatic rings. The average Bonchev–Trinajstić information content (AvgIpc) is 3.00. The van der Waals surface area contributed by atoms with Crippen LogP contribution in [0, 0.1) is 10.1 Å². The molecule has 1 unspecified atom stereocenters. The molecule has 4 rings (SSSR count). The molecule has 0 saturated heterocycles. The van der Waals surface area contributed by atoms with Crippen molar-refractivity contribution in [3.05, 3.63) is 75.3 Å². The first-order valence-corrected chi connectivity index (χ1v) is 13.8. The Balaban J connectivity index is 1.74. The van der Waals surface area contributed by atoms with Crippen LogP contribution in [0.1, 0.15) is 48.3 Å². The van der Waals surface area contributed by atoms with E-state index in [1.54, 1.807) is 31.3 Å². The van der Waals surface area contributed by atoms with Gasteiger partial charge in [0.1, 0.15) is 12.4 Å². The molecule has 0 saturated carbocycles. The molecule has 0 bridgehead atoms. The minimum absolute atomic E-state index is 0.0373. The van der Waals surface area contributed by atoms with Gasteiger partial charge in [-0.1, -0.05) is 0 Å². The maximum Gasteiger partial charge on any atom is 0.269 e. The maximum atomic E-state index is 14.2. The molecule has 1 aliphatic heterocycles. The van der Waals surface area contributed by atoms with Crippen LogP contribution in [0.25, 0.3) is 0 Å². The van der Waals surface area contributed by atoms with Gasteiger partial charge in [-0.3, -0.25) is 14.9 Å². The first-order valence-electron chi connectivity index (χ1n) is 13.8. The third-order valence-electron chi connectivity index (χ3n) is 6.88. The number of fused-ring (bicyclic) bond motifs is 1. The van der Waals surface area contributed by atoms with Crippen LogP contribution in [-0.2, 0) is 6.42 Å². The van der Waals surface area contributed by atoms with Gasteiger partial charge in [0.25, 0.3) is 11.6 Å². The summed E-state index contributed by atoms with van der Waals surface area (Å²) in [6.07, 6.45) is 0.586. The smallest absolute Gasteiger partial charge is 0.269 e. The van der Waals surface area contributed by atoms with E-state index in [9.17, 15) is 14.9 Å². The standard InChI is InChI=1S/C31H36N2O9/c1-6-39-28-16-21(17-29(40-7-2)30(28)41-8-3)31(34)32-14-13-20-15-26(37-4)27(38-5)18-24(20)25(32)19-42-23-11-9-22(10-12-23)33(35)36/h9-12,15-18,25H,6-8,13-14,19H2,1-5H3. The molecule has 0 N–H and O–H groups in total. The van der Waals surface area contributed by atoms with Crippen molar-refractivity contribution >= 4 is 11.6 Å². The van der Waals surface area contributed by atoms with Gasteiger partial charge < -0.3 is 33.3 Å². The largest absolute Gasteiger partial charge is 0.493 e. The van der Waals surface area contributed by atoms with Gasteiger partial charge >= 0.3 is 0 Å². The van der Waals surface area contributed by atoms with Crippen LogP contribution < -0.4 is 28.4 Å². The van der Waals surface area contributed by atoms with E-state index in [1.807, 2.05) is 32.9 Å². The quantitative estimate of drug-likeness (QED) is 0.187. The molecule has 11 heteroatoms. The van der Waals surface area contributed by atoms with Gasteiger partial charge in [-0.25, -0.2) is 0 Å². The molecule has 0 spiro atoms. The fraction of sp³-hybridized carbons (Fsp3) is 0.387. The zero-order chi connectivity index (χ0) is 30.2. The second-order valence-electron chi connectivity index (χ2n) is 9.33. The second kappa shape index (κ2) is 13.8. The van der Waals surface area contributed by atoms with Gasteiger partial charge in [0.05, 0.1) is 45.0 Å². The Morgan fingerprint density at radius 1 is 0.857 bits per heavy atom. The third kappa shape index (κ3) is 6.45. The van der Waals surface area contributed by atoms with Gasteiger partial charge in [-0.05, 0) is 74.7 Å². The topological polar surface area (TPSA) is 119 Å². The molecule has 224 valence electrons. The SMILES string of the molecule is CCOc1cc(C(=O)N2CCc3cc(OC)c(OC)cc3C2COc2ccc([N+](=O)[O-])cc2)cc(OCC)c1OCC. The summed E-state index contributed by atoms with van der Waals surface area (Å²) in [6.45, 7) is 7.27. The van der Waals surface area contributed by atoms with Gasteiger partial charge in [-0.15, -0.1) is 0 Å². The van der Waals surface area contributed by atoms with Crippen molar-refractivity contribution < 1.29 is 38.1 Å². The van der Waals surface area contributed by atoms with E-state index in [-0.39, 0.29) is 18.2 Å². The van der Waals surface area contributed by atoms with Crippen LogP contribution in [0.3, 0.4) is 0 Å². The van der Waals surface area contributed by atoms with E-state index in [0.717, 1.165) is 11.1 Å². The highest BCUT2D eigenvalue weighted by molar-refractivity contribution is 5.96. The molecule has 1 heterocycles. The number of nitro benzene ring substituents is 1. The van der Waals surface area contributed by atoms with E-state index in [2.05, 4.69) is 0 Å². The molecule has 1 aliphatic rings. The van der Waals surface area contributed by atoms with E-state index in [4.69, 9.17) is 28.4 Å². The number of carbonyl (C=O) groups excluding carboxylic acids is 1. The lowest BCUT2D eigenvalue weighted by molar-refractivity contribution is -0.384. The third-order valence-corrected chi connectivity index (χ3v) is 6.88. The molecular weight excluding hydrogens is 544 g/mol. The molecular formula is C31H36N2O9. The minimum Gasteiger partial charge on any atom is -0.493 e. The Labute approximate surface area is 245 Å². The number of hydrogen-bond donors (Lipinski definition) is 0. The Morgan fingerprint density at radius 2 is 1.45 bits per heavy atom. The Kier molecular flexibility index (Phi) is 9.95. The second-order valence-corrected chi connectivity index (χ2v) is 9.33. The molecule has 0 radical (unpaired) electrons. The van der Waals surface area contributed by atoms with E-state index in [1.165, 1.54) is 24.3 Å². The lowest BCUT2D eigenvalue weighted by Gasteiger charge is -2.38. The number of hydrogen-bond acceptors (Lipinski definition) is 9. The molecule has 42 heavy (non-hydrogen) atoms. The number of rotatable bonds is 13. The summed E-state index contributed by atoms with van der Waals surface area (Å²) in [5.41, 5.74) is 2.21. The number of nitrogens with zero attached hydrogens (tertiary/aromatic N) is 2. The predicted octanol–water partition coefficient (Wildman–Crippen LogP) is 5.63. The van der Waals surface area contributed by atoms with Crippen molar-refractivity contribution in [2.24, 2.45) is 0 Å². The molecule has 1 atom stereocenters. The summed E-state index contributed by atoms with van der Waals surface area (Å²) in [6, 6.07) is 12.5. The van der Waals surface area contributed by atoms with Crippen molar-refractivity contribution in [1.29, 1.82) is 0 Å². The zero-order valence-electron chi connectivity index (χ0n) is 24.5. The van der Waals surface area contributed by atoms with E-state index in [0.29, 0.717) is 72.8 Å². The number of non-ortho nitro benzene ring substituents is 1. The number of carbonyl (C=O) groups is 1. The van der Waals surface area contributed by atoms with Crippen molar-refractivity contribution in [1.82, 2.24) is 4.90 Å². The number of nitro groups is 1. The summed E-state index contributed by atoms with van der Waals surface area (Å²) < 4.78 is 34.7. The molecule has 0 aliphatic carbocycles. The van der Waals surface area contributed by atoms with Crippen LogP contribution in [0.4, 0.5) is 5.69 Å². The van der Waals surface area contributed by atoms with Crippen LogP contribution >= 0.6 is 0 Å². The fourth-order valence-electron chi connectivity index (χ4n) is 4.97. The van der Waals surface area contributed by atoms with Gasteiger partial charge in [0, 0.05) is 24.2 Å². The highest BCUT2D eigenvalue weighted by Gasteiger charge is 2.34. The average molecular weight is 581 g/mol.